The lowest BCUT2D eigenvalue weighted by molar-refractivity contribution is 0.0953. The number of hydrogen-bond donors (Lipinski definition) is 2. The van der Waals surface area contributed by atoms with Gasteiger partial charge in [0.25, 0.3) is 5.91 Å². The average Bonchev–Trinajstić information content (AvgIpc) is 2.95. The van der Waals surface area contributed by atoms with Crippen molar-refractivity contribution >= 4 is 5.91 Å². The number of carbonyl (C=O) groups excluding carboxylic acids is 1. The Bertz CT molecular complexity index is 741. The van der Waals surface area contributed by atoms with Crippen molar-refractivity contribution in [2.75, 3.05) is 26.4 Å². The van der Waals surface area contributed by atoms with Crippen LogP contribution in [0, 0.1) is 13.8 Å². The predicted octanol–water partition coefficient (Wildman–Crippen LogP) is 3.80. The van der Waals surface area contributed by atoms with Crippen molar-refractivity contribution in [1.29, 1.82) is 0 Å². The third-order valence-electron chi connectivity index (χ3n) is 4.11. The van der Waals surface area contributed by atoms with Crippen LogP contribution in [-0.2, 0) is 6.42 Å². The van der Waals surface area contributed by atoms with Crippen LogP contribution < -0.4 is 19.5 Å². The second kappa shape index (κ2) is 9.90. The molecule has 0 fully saturated rings. The highest BCUT2D eigenvalue weighted by Crippen LogP contribution is 2.39. The topological polar surface area (TPSA) is 72.6 Å². The zero-order chi connectivity index (χ0) is 19.8. The summed E-state index contributed by atoms with van der Waals surface area (Å²) in [6, 6.07) is 5.52. The van der Waals surface area contributed by atoms with E-state index in [9.17, 15) is 4.79 Å². The standard InChI is InChI=1S/C21H30N2O4/c1-6-25-18-12-17(13-19(26-7-2)20(18)27-8-3)21(24)22-10-9-16-11-14(4)23-15(16)5/h11-13,23H,6-10H2,1-5H3,(H,22,24). The molecule has 1 aromatic heterocycles. The lowest BCUT2D eigenvalue weighted by atomic mass is 10.1. The normalized spacial score (nSPS) is 10.6. The predicted molar refractivity (Wildman–Crippen MR) is 106 cm³/mol. The van der Waals surface area contributed by atoms with Crippen molar-refractivity contribution < 1.29 is 19.0 Å². The molecule has 0 atom stereocenters. The molecule has 0 saturated heterocycles. The summed E-state index contributed by atoms with van der Waals surface area (Å²) < 4.78 is 17.0. The highest BCUT2D eigenvalue weighted by molar-refractivity contribution is 5.95. The molecule has 0 bridgehead atoms. The summed E-state index contributed by atoms with van der Waals surface area (Å²) >= 11 is 0. The fraction of sp³-hybridized carbons (Fsp3) is 0.476. The van der Waals surface area contributed by atoms with Crippen molar-refractivity contribution in [1.82, 2.24) is 10.3 Å². The summed E-state index contributed by atoms with van der Waals surface area (Å²) in [7, 11) is 0. The molecule has 1 aromatic carbocycles. The van der Waals surface area contributed by atoms with Crippen LogP contribution in [0.2, 0.25) is 0 Å². The quantitative estimate of drug-likeness (QED) is 0.663. The van der Waals surface area contributed by atoms with Gasteiger partial charge in [0, 0.05) is 23.5 Å². The van der Waals surface area contributed by atoms with Gasteiger partial charge in [0.15, 0.2) is 11.5 Å². The van der Waals surface area contributed by atoms with Gasteiger partial charge in [0.2, 0.25) is 5.75 Å². The summed E-state index contributed by atoms with van der Waals surface area (Å²) in [4.78, 5) is 15.9. The first-order chi connectivity index (χ1) is 13.0. The number of benzene rings is 1. The van der Waals surface area contributed by atoms with Crippen LogP contribution in [0.15, 0.2) is 18.2 Å². The molecule has 0 unspecified atom stereocenters. The van der Waals surface area contributed by atoms with Crippen molar-refractivity contribution in [2.45, 2.75) is 41.0 Å². The van der Waals surface area contributed by atoms with Crippen LogP contribution in [0.3, 0.4) is 0 Å². The molecular weight excluding hydrogens is 344 g/mol. The minimum absolute atomic E-state index is 0.162. The van der Waals surface area contributed by atoms with Crippen molar-refractivity contribution in [3.05, 3.63) is 40.7 Å². The highest BCUT2D eigenvalue weighted by atomic mass is 16.5. The van der Waals surface area contributed by atoms with E-state index in [1.165, 1.54) is 5.56 Å². The second-order valence-corrected chi connectivity index (χ2v) is 6.21. The number of nitrogens with one attached hydrogen (secondary N) is 2. The number of aromatic nitrogens is 1. The molecule has 0 aliphatic rings. The first-order valence-corrected chi connectivity index (χ1v) is 9.49. The van der Waals surface area contributed by atoms with Gasteiger partial charge in [-0.2, -0.15) is 0 Å². The Morgan fingerprint density at radius 2 is 1.56 bits per heavy atom. The van der Waals surface area contributed by atoms with E-state index in [0.717, 1.165) is 17.8 Å². The molecule has 2 aromatic rings. The molecule has 0 spiro atoms. The zero-order valence-electron chi connectivity index (χ0n) is 16.9. The number of carbonyl (C=O) groups is 1. The fourth-order valence-electron chi connectivity index (χ4n) is 2.97. The lowest BCUT2D eigenvalue weighted by Gasteiger charge is -2.17. The Balaban J connectivity index is 2.14. The van der Waals surface area contributed by atoms with Gasteiger partial charge in [-0.25, -0.2) is 0 Å². The Hall–Kier alpha value is -2.63. The molecule has 0 aliphatic carbocycles. The van der Waals surface area contributed by atoms with E-state index in [4.69, 9.17) is 14.2 Å². The van der Waals surface area contributed by atoms with Gasteiger partial charge in [0.1, 0.15) is 0 Å². The van der Waals surface area contributed by atoms with E-state index in [2.05, 4.69) is 16.4 Å². The molecule has 6 nitrogen and oxygen atoms in total. The van der Waals surface area contributed by atoms with E-state index in [-0.39, 0.29) is 5.91 Å². The third-order valence-corrected chi connectivity index (χ3v) is 4.11. The fourth-order valence-corrected chi connectivity index (χ4v) is 2.97. The van der Waals surface area contributed by atoms with Crippen LogP contribution >= 0.6 is 0 Å². The maximum atomic E-state index is 12.6. The molecule has 0 aliphatic heterocycles. The minimum Gasteiger partial charge on any atom is -0.490 e. The van der Waals surface area contributed by atoms with Crippen molar-refractivity contribution in [3.63, 3.8) is 0 Å². The van der Waals surface area contributed by atoms with Crippen LogP contribution in [0.25, 0.3) is 0 Å². The zero-order valence-corrected chi connectivity index (χ0v) is 16.9. The SMILES string of the molecule is CCOc1cc(C(=O)NCCc2cc(C)[nH]c2C)cc(OCC)c1OCC. The van der Waals surface area contributed by atoms with Crippen LogP contribution in [0.4, 0.5) is 0 Å². The number of aromatic amines is 1. The molecule has 2 N–H and O–H groups in total. The smallest absolute Gasteiger partial charge is 0.251 e. The molecule has 27 heavy (non-hydrogen) atoms. The van der Waals surface area contributed by atoms with Gasteiger partial charge in [-0.05, 0) is 64.8 Å². The van der Waals surface area contributed by atoms with E-state index in [1.54, 1.807) is 12.1 Å². The van der Waals surface area contributed by atoms with Gasteiger partial charge in [-0.15, -0.1) is 0 Å². The molecule has 0 radical (unpaired) electrons. The maximum Gasteiger partial charge on any atom is 0.251 e. The Morgan fingerprint density at radius 3 is 2.04 bits per heavy atom. The molecule has 1 amide bonds. The van der Waals surface area contributed by atoms with Gasteiger partial charge in [0.05, 0.1) is 19.8 Å². The number of rotatable bonds is 10. The van der Waals surface area contributed by atoms with Crippen LogP contribution in [0.5, 0.6) is 17.2 Å². The molecule has 6 heteroatoms. The number of amides is 1. The van der Waals surface area contributed by atoms with Gasteiger partial charge < -0.3 is 24.5 Å². The first kappa shape index (κ1) is 20.7. The Kier molecular flexibility index (Phi) is 7.58. The van der Waals surface area contributed by atoms with Crippen LogP contribution in [0.1, 0.15) is 48.1 Å². The van der Waals surface area contributed by atoms with E-state index in [0.29, 0.717) is 49.2 Å². The van der Waals surface area contributed by atoms with Gasteiger partial charge in [-0.3, -0.25) is 4.79 Å². The second-order valence-electron chi connectivity index (χ2n) is 6.21. The summed E-state index contributed by atoms with van der Waals surface area (Å²) in [5.41, 5.74) is 3.97. The average molecular weight is 374 g/mol. The monoisotopic (exact) mass is 374 g/mol. The van der Waals surface area contributed by atoms with Crippen molar-refractivity contribution in [2.24, 2.45) is 0 Å². The lowest BCUT2D eigenvalue weighted by Crippen LogP contribution is -2.26. The number of ether oxygens (including phenoxy) is 3. The Morgan fingerprint density at radius 1 is 0.963 bits per heavy atom. The summed E-state index contributed by atoms with van der Waals surface area (Å²) in [5.74, 6) is 1.42. The van der Waals surface area contributed by atoms with Crippen molar-refractivity contribution in [3.8, 4) is 17.2 Å². The molecule has 0 saturated carbocycles. The summed E-state index contributed by atoms with van der Waals surface area (Å²) in [6.07, 6.45) is 0.773. The number of aryl methyl sites for hydroxylation is 2. The van der Waals surface area contributed by atoms with E-state index < -0.39 is 0 Å². The largest absolute Gasteiger partial charge is 0.490 e. The molecule has 2 rings (SSSR count). The third kappa shape index (κ3) is 5.42. The van der Waals surface area contributed by atoms with Gasteiger partial charge >= 0.3 is 0 Å². The minimum atomic E-state index is -0.162. The molecule has 148 valence electrons. The number of H-pyrrole nitrogens is 1. The molecule has 1 heterocycles. The van der Waals surface area contributed by atoms with E-state index >= 15 is 0 Å². The van der Waals surface area contributed by atoms with E-state index in [1.807, 2.05) is 34.6 Å². The first-order valence-electron chi connectivity index (χ1n) is 9.49. The number of hydrogen-bond acceptors (Lipinski definition) is 4. The van der Waals surface area contributed by atoms with Crippen LogP contribution in [-0.4, -0.2) is 37.3 Å². The molecular formula is C21H30N2O4. The summed E-state index contributed by atoms with van der Waals surface area (Å²) in [6.45, 7) is 11.7. The summed E-state index contributed by atoms with van der Waals surface area (Å²) in [5, 5.41) is 2.97. The Labute approximate surface area is 161 Å². The highest BCUT2D eigenvalue weighted by Gasteiger charge is 2.18. The van der Waals surface area contributed by atoms with Gasteiger partial charge in [-0.1, -0.05) is 0 Å². The maximum absolute atomic E-state index is 12.6.